The average Bonchev–Trinajstić information content (AvgIpc) is 2.69. The van der Waals surface area contributed by atoms with Crippen LogP contribution in [0.2, 0.25) is 0 Å². The summed E-state index contributed by atoms with van der Waals surface area (Å²) in [5, 5.41) is 11.3. The van der Waals surface area contributed by atoms with E-state index in [-0.39, 0.29) is 4.92 Å². The second kappa shape index (κ2) is 11.5. The van der Waals surface area contributed by atoms with Gasteiger partial charge in [0.2, 0.25) is 11.9 Å². The van der Waals surface area contributed by atoms with Gasteiger partial charge in [0.05, 0.1) is 5.56 Å². The van der Waals surface area contributed by atoms with Crippen molar-refractivity contribution in [3.63, 3.8) is 0 Å². The van der Waals surface area contributed by atoms with E-state index in [0.717, 1.165) is 35.5 Å². The van der Waals surface area contributed by atoms with Crippen molar-refractivity contribution in [3.8, 4) is 0 Å². The minimum atomic E-state index is -0.486. The van der Waals surface area contributed by atoms with Gasteiger partial charge in [-0.3, -0.25) is 14.9 Å². The smallest absolute Gasteiger partial charge is 0.249 e. The van der Waals surface area contributed by atoms with Gasteiger partial charge < -0.3 is 5.73 Å². The first-order valence-electron chi connectivity index (χ1n) is 9.74. The highest BCUT2D eigenvalue weighted by atomic mass is 32.2. The highest BCUT2D eigenvalue weighted by Gasteiger charge is 2.19. The number of carbonyl (C=O) groups is 1. The minimum Gasteiger partial charge on any atom is -0.366 e. The molecule has 0 aliphatic rings. The Morgan fingerprint density at radius 3 is 2.46 bits per heavy atom. The largest absolute Gasteiger partial charge is 0.366 e. The Kier molecular flexibility index (Phi) is 9.01. The lowest BCUT2D eigenvalue weighted by atomic mass is 10.00. The summed E-state index contributed by atoms with van der Waals surface area (Å²) < 4.78 is 0. The summed E-state index contributed by atoms with van der Waals surface area (Å²) in [5.74, 6) is 0.301. The van der Waals surface area contributed by atoms with E-state index in [4.69, 9.17) is 5.73 Å². The number of carbonyl (C=O) groups excluding carboxylic acids is 1. The van der Waals surface area contributed by atoms with Crippen molar-refractivity contribution in [3.05, 3.63) is 75.3 Å². The van der Waals surface area contributed by atoms with Crippen LogP contribution in [0.3, 0.4) is 0 Å². The van der Waals surface area contributed by atoms with Gasteiger partial charge in [-0.05, 0) is 36.5 Å². The number of hydrogen-bond acceptors (Lipinski definition) is 4. The van der Waals surface area contributed by atoms with Crippen LogP contribution in [0.1, 0.15) is 60.5 Å². The quantitative estimate of drug-likeness (QED) is 0.300. The van der Waals surface area contributed by atoms with Crippen molar-refractivity contribution < 1.29 is 9.72 Å². The van der Waals surface area contributed by atoms with Crippen molar-refractivity contribution in [2.45, 2.75) is 62.1 Å². The van der Waals surface area contributed by atoms with Crippen LogP contribution < -0.4 is 5.73 Å². The number of benzene rings is 2. The van der Waals surface area contributed by atoms with Gasteiger partial charge in [0.1, 0.15) is 0 Å². The molecule has 0 aliphatic heterocycles. The lowest BCUT2D eigenvalue weighted by Gasteiger charge is -2.14. The van der Waals surface area contributed by atoms with E-state index in [2.05, 4.69) is 12.1 Å². The van der Waals surface area contributed by atoms with Crippen LogP contribution in [0.15, 0.2) is 53.4 Å². The van der Waals surface area contributed by atoms with Gasteiger partial charge in [-0.15, -0.1) is 11.8 Å². The van der Waals surface area contributed by atoms with Gasteiger partial charge >= 0.3 is 0 Å². The molecule has 0 radical (unpaired) electrons. The van der Waals surface area contributed by atoms with E-state index in [9.17, 15) is 14.9 Å². The Morgan fingerprint density at radius 1 is 1.11 bits per heavy atom. The van der Waals surface area contributed by atoms with Crippen LogP contribution >= 0.6 is 11.8 Å². The first-order valence-corrected chi connectivity index (χ1v) is 10.7. The molecule has 28 heavy (non-hydrogen) atoms. The molecule has 0 fully saturated rings. The summed E-state index contributed by atoms with van der Waals surface area (Å²) in [6, 6.07) is 15.2. The zero-order valence-electron chi connectivity index (χ0n) is 16.3. The van der Waals surface area contributed by atoms with E-state index < -0.39 is 11.9 Å². The molecule has 5 nitrogen and oxygen atoms in total. The zero-order valence-corrected chi connectivity index (χ0v) is 17.1. The fourth-order valence-electron chi connectivity index (χ4n) is 3.20. The molecule has 2 aromatic rings. The number of amides is 1. The predicted octanol–water partition coefficient (Wildman–Crippen LogP) is 5.24. The molecular weight excluding hydrogens is 372 g/mol. The highest BCUT2D eigenvalue weighted by Crippen LogP contribution is 2.31. The number of primary amides is 1. The molecule has 0 aromatic heterocycles. The maximum Gasteiger partial charge on any atom is 0.249 e. The summed E-state index contributed by atoms with van der Waals surface area (Å²) in [4.78, 5) is 23.9. The van der Waals surface area contributed by atoms with E-state index >= 15 is 0 Å². The van der Waals surface area contributed by atoms with Gasteiger partial charge in [0.25, 0.3) is 0 Å². The molecule has 0 spiro atoms. The third kappa shape index (κ3) is 6.68. The Labute approximate surface area is 170 Å². The predicted molar refractivity (Wildman–Crippen MR) is 114 cm³/mol. The van der Waals surface area contributed by atoms with E-state index in [1.54, 1.807) is 17.8 Å². The lowest BCUT2D eigenvalue weighted by Crippen LogP contribution is -2.19. The van der Waals surface area contributed by atoms with Crippen LogP contribution in [0.5, 0.6) is 0 Å². The Morgan fingerprint density at radius 2 is 1.82 bits per heavy atom. The SMILES string of the molecule is CCCCC(CCCc1cccc(C(N)=O)c1SCc1ccccc1)[N+](=O)[O-]. The Balaban J connectivity index is 2.09. The molecule has 2 aromatic carbocycles. The molecule has 2 N–H and O–H groups in total. The fourth-order valence-corrected chi connectivity index (χ4v) is 4.38. The van der Waals surface area contributed by atoms with Gasteiger partial charge in [0.15, 0.2) is 0 Å². The molecule has 0 bridgehead atoms. The third-order valence-electron chi connectivity index (χ3n) is 4.76. The fraction of sp³-hybridized carbons (Fsp3) is 0.409. The molecule has 2 rings (SSSR count). The summed E-state index contributed by atoms with van der Waals surface area (Å²) in [6.07, 6.45) is 4.44. The normalized spacial score (nSPS) is 11.9. The van der Waals surface area contributed by atoms with Crippen molar-refractivity contribution in [1.29, 1.82) is 0 Å². The van der Waals surface area contributed by atoms with Crippen molar-refractivity contribution in [2.24, 2.45) is 5.73 Å². The Bertz CT molecular complexity index is 781. The zero-order chi connectivity index (χ0) is 20.4. The Hall–Kier alpha value is -2.34. The summed E-state index contributed by atoms with van der Waals surface area (Å²) >= 11 is 1.60. The molecule has 0 heterocycles. The van der Waals surface area contributed by atoms with Crippen molar-refractivity contribution >= 4 is 17.7 Å². The third-order valence-corrected chi connectivity index (χ3v) is 6.01. The second-order valence-electron chi connectivity index (χ2n) is 6.91. The van der Waals surface area contributed by atoms with E-state index in [0.29, 0.717) is 24.8 Å². The molecule has 150 valence electrons. The van der Waals surface area contributed by atoms with Gasteiger partial charge in [0, 0.05) is 28.4 Å². The van der Waals surface area contributed by atoms with Gasteiger partial charge in [-0.25, -0.2) is 0 Å². The second-order valence-corrected chi connectivity index (χ2v) is 7.89. The lowest BCUT2D eigenvalue weighted by molar-refractivity contribution is -0.524. The maximum absolute atomic E-state index is 11.9. The molecule has 0 saturated carbocycles. The molecule has 1 amide bonds. The van der Waals surface area contributed by atoms with Crippen LogP contribution in [0.25, 0.3) is 0 Å². The number of unbranched alkanes of at least 4 members (excludes halogenated alkanes) is 1. The number of aryl methyl sites for hydroxylation is 1. The molecule has 0 saturated heterocycles. The van der Waals surface area contributed by atoms with Crippen LogP contribution in [-0.4, -0.2) is 16.9 Å². The first kappa shape index (κ1) is 22.0. The van der Waals surface area contributed by atoms with E-state index in [1.807, 2.05) is 37.3 Å². The number of rotatable bonds is 12. The number of nitrogens with zero attached hydrogens (tertiary/aromatic N) is 1. The van der Waals surface area contributed by atoms with Crippen LogP contribution in [0.4, 0.5) is 0 Å². The highest BCUT2D eigenvalue weighted by molar-refractivity contribution is 7.98. The standard InChI is InChI=1S/C22H28N2O3S/c1-2-3-13-19(24(26)27)14-7-11-18-12-8-15-20(22(23)25)21(18)28-16-17-9-5-4-6-10-17/h4-6,8-10,12,15,19H,2-3,7,11,13-14,16H2,1H3,(H2,23,25). The molecule has 6 heteroatoms. The van der Waals surface area contributed by atoms with Gasteiger partial charge in [-0.1, -0.05) is 55.8 Å². The summed E-state index contributed by atoms with van der Waals surface area (Å²) in [5.41, 5.74) is 8.31. The number of nitro groups is 1. The number of nitrogens with two attached hydrogens (primary N) is 1. The number of thioether (sulfide) groups is 1. The molecule has 1 unspecified atom stereocenters. The summed E-state index contributed by atoms with van der Waals surface area (Å²) in [7, 11) is 0. The summed E-state index contributed by atoms with van der Waals surface area (Å²) in [6.45, 7) is 2.04. The van der Waals surface area contributed by atoms with Crippen molar-refractivity contribution in [1.82, 2.24) is 0 Å². The number of hydrogen-bond donors (Lipinski definition) is 1. The van der Waals surface area contributed by atoms with Crippen LogP contribution in [0, 0.1) is 10.1 Å². The van der Waals surface area contributed by atoms with E-state index in [1.165, 1.54) is 5.56 Å². The minimum absolute atomic E-state index is 0.152. The average molecular weight is 401 g/mol. The van der Waals surface area contributed by atoms with Crippen molar-refractivity contribution in [2.75, 3.05) is 0 Å². The molecule has 1 atom stereocenters. The monoisotopic (exact) mass is 400 g/mol. The molecule has 0 aliphatic carbocycles. The maximum atomic E-state index is 11.9. The molecular formula is C22H28N2O3S. The van der Waals surface area contributed by atoms with Crippen LogP contribution in [-0.2, 0) is 12.2 Å². The topological polar surface area (TPSA) is 86.2 Å². The first-order chi connectivity index (χ1) is 13.5. The van der Waals surface area contributed by atoms with Gasteiger partial charge in [-0.2, -0.15) is 0 Å².